The minimum absolute atomic E-state index is 0.128. The van der Waals surface area contributed by atoms with Gasteiger partial charge in [-0.3, -0.25) is 4.79 Å². The maximum absolute atomic E-state index is 12.7. The van der Waals surface area contributed by atoms with Gasteiger partial charge in [0.1, 0.15) is 5.78 Å². The van der Waals surface area contributed by atoms with Crippen molar-refractivity contribution in [3.8, 4) is 0 Å². The summed E-state index contributed by atoms with van der Waals surface area (Å²) in [5, 5.41) is 0. The van der Waals surface area contributed by atoms with E-state index in [-0.39, 0.29) is 18.8 Å². The van der Waals surface area contributed by atoms with Gasteiger partial charge in [0.2, 0.25) is 5.92 Å². The van der Waals surface area contributed by atoms with Crippen molar-refractivity contribution in [3.63, 3.8) is 0 Å². The lowest BCUT2D eigenvalue weighted by atomic mass is 9.96. The van der Waals surface area contributed by atoms with Gasteiger partial charge in [0.05, 0.1) is 12.5 Å². The van der Waals surface area contributed by atoms with Gasteiger partial charge in [0.15, 0.2) is 0 Å². The number of hydrogen-bond acceptors (Lipinski definition) is 3. The largest absolute Gasteiger partial charge is 0.466 e. The highest BCUT2D eigenvalue weighted by molar-refractivity contribution is 5.82. The molecule has 1 atom stereocenters. The molecule has 0 bridgehead atoms. The van der Waals surface area contributed by atoms with Gasteiger partial charge in [-0.05, 0) is 20.8 Å². The molecule has 0 heterocycles. The van der Waals surface area contributed by atoms with Gasteiger partial charge in [-0.15, -0.1) is 0 Å². The Kier molecular flexibility index (Phi) is 5.39. The molecule has 0 spiro atoms. The first-order valence-electron chi connectivity index (χ1n) is 4.80. The zero-order valence-corrected chi connectivity index (χ0v) is 9.18. The Morgan fingerprint density at radius 3 is 2.27 bits per heavy atom. The normalized spacial score (nSPS) is 13.4. The molecule has 0 amide bonds. The summed E-state index contributed by atoms with van der Waals surface area (Å²) in [6.45, 7) is 3.70. The number of ether oxygens (including phenoxy) is 1. The van der Waals surface area contributed by atoms with E-state index in [1.165, 1.54) is 6.92 Å². The van der Waals surface area contributed by atoms with Crippen molar-refractivity contribution in [2.45, 2.75) is 39.5 Å². The van der Waals surface area contributed by atoms with Crippen LogP contribution in [0, 0.1) is 5.92 Å². The Balaban J connectivity index is 4.44. The second kappa shape index (κ2) is 5.78. The number of hydrogen-bond donors (Lipinski definition) is 0. The van der Waals surface area contributed by atoms with Crippen LogP contribution in [0.4, 0.5) is 8.78 Å². The zero-order valence-electron chi connectivity index (χ0n) is 9.18. The number of alkyl halides is 2. The quantitative estimate of drug-likeness (QED) is 0.647. The third kappa shape index (κ3) is 6.99. The second-order valence-corrected chi connectivity index (χ2v) is 3.63. The Morgan fingerprint density at radius 2 is 1.93 bits per heavy atom. The monoisotopic (exact) mass is 222 g/mol. The average Bonchev–Trinajstić information content (AvgIpc) is 1.99. The fraction of sp³-hybridized carbons (Fsp3) is 0.800. The van der Waals surface area contributed by atoms with Crippen LogP contribution in [0.3, 0.4) is 0 Å². The SMILES string of the molecule is CCOC(=O)C(CC(C)=O)CC(C)(F)F. The molecule has 0 aromatic heterocycles. The number of carbonyl (C=O) groups is 2. The van der Waals surface area contributed by atoms with Crippen molar-refractivity contribution in [1.82, 2.24) is 0 Å². The number of ketones is 1. The van der Waals surface area contributed by atoms with Crippen LogP contribution in [-0.2, 0) is 14.3 Å². The van der Waals surface area contributed by atoms with Crippen LogP contribution < -0.4 is 0 Å². The molecule has 1 unspecified atom stereocenters. The molecule has 88 valence electrons. The van der Waals surface area contributed by atoms with Crippen LogP contribution in [0.25, 0.3) is 0 Å². The van der Waals surface area contributed by atoms with Crippen molar-refractivity contribution in [1.29, 1.82) is 0 Å². The van der Waals surface area contributed by atoms with Gasteiger partial charge < -0.3 is 9.53 Å². The molecule has 0 aliphatic rings. The Bertz CT molecular complexity index is 233. The highest BCUT2D eigenvalue weighted by atomic mass is 19.3. The fourth-order valence-corrected chi connectivity index (χ4v) is 1.28. The van der Waals surface area contributed by atoms with Gasteiger partial charge in [-0.25, -0.2) is 8.78 Å². The average molecular weight is 222 g/mol. The third-order valence-electron chi connectivity index (χ3n) is 1.76. The van der Waals surface area contributed by atoms with Crippen LogP contribution >= 0.6 is 0 Å². The van der Waals surface area contributed by atoms with Gasteiger partial charge >= 0.3 is 5.97 Å². The summed E-state index contributed by atoms with van der Waals surface area (Å²) < 4.78 is 30.0. The molecular formula is C10H16F2O3. The molecule has 0 saturated carbocycles. The fourth-order valence-electron chi connectivity index (χ4n) is 1.28. The Morgan fingerprint density at radius 1 is 1.40 bits per heavy atom. The van der Waals surface area contributed by atoms with Gasteiger partial charge in [-0.1, -0.05) is 0 Å². The van der Waals surface area contributed by atoms with E-state index in [4.69, 9.17) is 0 Å². The first-order valence-corrected chi connectivity index (χ1v) is 4.80. The molecule has 0 aromatic rings. The summed E-state index contributed by atoms with van der Waals surface area (Å²) in [6, 6.07) is 0. The molecule has 0 fully saturated rings. The summed E-state index contributed by atoms with van der Waals surface area (Å²) in [6.07, 6.45) is -0.840. The van der Waals surface area contributed by atoms with E-state index in [1.54, 1.807) is 6.92 Å². The molecule has 15 heavy (non-hydrogen) atoms. The molecular weight excluding hydrogens is 206 g/mol. The van der Waals surface area contributed by atoms with Crippen molar-refractivity contribution < 1.29 is 23.1 Å². The topological polar surface area (TPSA) is 43.4 Å². The van der Waals surface area contributed by atoms with Crippen LogP contribution in [0.2, 0.25) is 0 Å². The minimum Gasteiger partial charge on any atom is -0.466 e. The summed E-state index contributed by atoms with van der Waals surface area (Å²) in [5.74, 6) is -5.03. The smallest absolute Gasteiger partial charge is 0.309 e. The number of esters is 1. The number of rotatable bonds is 6. The van der Waals surface area contributed by atoms with Gasteiger partial charge in [0.25, 0.3) is 0 Å². The predicted octanol–water partition coefficient (Wildman–Crippen LogP) is 2.19. The van der Waals surface area contributed by atoms with Gasteiger partial charge in [0, 0.05) is 12.8 Å². The van der Waals surface area contributed by atoms with Crippen LogP contribution in [0.15, 0.2) is 0 Å². The summed E-state index contributed by atoms with van der Waals surface area (Å²) in [5.41, 5.74) is 0. The van der Waals surface area contributed by atoms with E-state index in [0.717, 1.165) is 6.92 Å². The van der Waals surface area contributed by atoms with Crippen molar-refractivity contribution >= 4 is 11.8 Å². The predicted molar refractivity (Wildman–Crippen MR) is 50.7 cm³/mol. The van der Waals surface area contributed by atoms with Crippen molar-refractivity contribution in [2.24, 2.45) is 5.92 Å². The van der Waals surface area contributed by atoms with E-state index in [1.807, 2.05) is 0 Å². The van der Waals surface area contributed by atoms with E-state index >= 15 is 0 Å². The lowest BCUT2D eigenvalue weighted by Crippen LogP contribution is -2.26. The van der Waals surface area contributed by atoms with Crippen LogP contribution in [-0.4, -0.2) is 24.3 Å². The first kappa shape index (κ1) is 14.0. The molecule has 0 rings (SSSR count). The maximum Gasteiger partial charge on any atom is 0.309 e. The summed E-state index contributed by atoms with van der Waals surface area (Å²) in [4.78, 5) is 22.0. The summed E-state index contributed by atoms with van der Waals surface area (Å²) >= 11 is 0. The van der Waals surface area contributed by atoms with Crippen LogP contribution in [0.5, 0.6) is 0 Å². The second-order valence-electron chi connectivity index (χ2n) is 3.63. The highest BCUT2D eigenvalue weighted by Gasteiger charge is 2.32. The Labute approximate surface area is 87.8 Å². The molecule has 5 heteroatoms. The Hall–Kier alpha value is -1.00. The van der Waals surface area contributed by atoms with E-state index in [2.05, 4.69) is 4.74 Å². The minimum atomic E-state index is -2.97. The number of Topliss-reactive ketones (excluding diaryl/α,β-unsaturated/α-hetero) is 1. The molecule has 0 N–H and O–H groups in total. The zero-order chi connectivity index (χ0) is 12.1. The first-order chi connectivity index (χ1) is 6.76. The molecule has 0 saturated heterocycles. The van der Waals surface area contributed by atoms with E-state index < -0.39 is 24.2 Å². The maximum atomic E-state index is 12.7. The highest BCUT2D eigenvalue weighted by Crippen LogP contribution is 2.25. The van der Waals surface area contributed by atoms with Crippen LogP contribution in [0.1, 0.15) is 33.6 Å². The van der Waals surface area contributed by atoms with E-state index in [0.29, 0.717) is 0 Å². The standard InChI is InChI=1S/C10H16F2O3/c1-4-15-9(14)8(5-7(2)13)6-10(3,11)12/h8H,4-6H2,1-3H3. The lowest BCUT2D eigenvalue weighted by molar-refractivity contribution is -0.152. The van der Waals surface area contributed by atoms with Crippen molar-refractivity contribution in [3.05, 3.63) is 0 Å². The third-order valence-corrected chi connectivity index (χ3v) is 1.76. The molecule has 0 aromatic carbocycles. The molecule has 0 radical (unpaired) electrons. The lowest BCUT2D eigenvalue weighted by Gasteiger charge is -2.18. The van der Waals surface area contributed by atoms with Gasteiger partial charge in [-0.2, -0.15) is 0 Å². The number of halogens is 2. The molecule has 0 aliphatic heterocycles. The summed E-state index contributed by atoms with van der Waals surface area (Å²) in [7, 11) is 0. The van der Waals surface area contributed by atoms with E-state index in [9.17, 15) is 18.4 Å². The van der Waals surface area contributed by atoms with Crippen molar-refractivity contribution in [2.75, 3.05) is 6.61 Å². The molecule has 0 aliphatic carbocycles. The number of carbonyl (C=O) groups excluding carboxylic acids is 2. The molecule has 3 nitrogen and oxygen atoms in total.